The zero-order chi connectivity index (χ0) is 8.97. The zero-order valence-electron chi connectivity index (χ0n) is 6.76. The molecule has 0 bridgehead atoms. The van der Waals surface area contributed by atoms with E-state index in [9.17, 15) is 4.39 Å². The SMILES string of the molecule is COc1cccc([C@H](F)CBr)c1. The normalized spacial score (nSPS) is 12.6. The fourth-order valence-electron chi connectivity index (χ4n) is 0.925. The second-order valence-corrected chi connectivity index (χ2v) is 3.05. The molecule has 0 aliphatic heterocycles. The van der Waals surface area contributed by atoms with Gasteiger partial charge in [0.05, 0.1) is 7.11 Å². The first-order valence-electron chi connectivity index (χ1n) is 3.62. The topological polar surface area (TPSA) is 9.23 Å². The lowest BCUT2D eigenvalue weighted by Crippen LogP contribution is -1.93. The van der Waals surface area contributed by atoms with Crippen LogP contribution >= 0.6 is 15.9 Å². The second kappa shape index (κ2) is 4.45. The predicted octanol–water partition coefficient (Wildman–Crippen LogP) is 3.10. The minimum Gasteiger partial charge on any atom is -0.497 e. The molecule has 0 spiro atoms. The molecule has 0 saturated carbocycles. The molecule has 0 saturated heterocycles. The molecule has 66 valence electrons. The third kappa shape index (κ3) is 2.21. The van der Waals surface area contributed by atoms with Crippen molar-refractivity contribution in [2.24, 2.45) is 0 Å². The van der Waals surface area contributed by atoms with Gasteiger partial charge < -0.3 is 4.74 Å². The Kier molecular flexibility index (Phi) is 3.53. The van der Waals surface area contributed by atoms with Crippen molar-refractivity contribution in [2.45, 2.75) is 6.17 Å². The standard InChI is InChI=1S/C9H10BrFO/c1-12-8-4-2-3-7(5-8)9(11)6-10/h2-5,9H,6H2,1H3/t9-/m1/s1. The summed E-state index contributed by atoms with van der Waals surface area (Å²) in [6, 6.07) is 7.02. The van der Waals surface area contributed by atoms with Crippen molar-refractivity contribution in [1.82, 2.24) is 0 Å². The number of halogens is 2. The number of hydrogen-bond acceptors (Lipinski definition) is 1. The summed E-state index contributed by atoms with van der Waals surface area (Å²) in [5.41, 5.74) is 0.645. The van der Waals surface area contributed by atoms with Crippen LogP contribution in [0.3, 0.4) is 0 Å². The van der Waals surface area contributed by atoms with Crippen LogP contribution < -0.4 is 4.74 Å². The Labute approximate surface area is 79.7 Å². The largest absolute Gasteiger partial charge is 0.497 e. The van der Waals surface area contributed by atoms with Crippen LogP contribution in [0.15, 0.2) is 24.3 Å². The van der Waals surface area contributed by atoms with Crippen molar-refractivity contribution in [3.8, 4) is 5.75 Å². The molecular weight excluding hydrogens is 223 g/mol. The van der Waals surface area contributed by atoms with Crippen molar-refractivity contribution in [3.05, 3.63) is 29.8 Å². The highest BCUT2D eigenvalue weighted by Gasteiger charge is 2.07. The zero-order valence-corrected chi connectivity index (χ0v) is 8.34. The Balaban J connectivity index is 2.86. The summed E-state index contributed by atoms with van der Waals surface area (Å²) in [5, 5.41) is 0.320. The molecule has 0 radical (unpaired) electrons. The molecule has 1 atom stereocenters. The average molecular weight is 233 g/mol. The van der Waals surface area contributed by atoms with E-state index in [1.807, 2.05) is 0 Å². The quantitative estimate of drug-likeness (QED) is 0.729. The first-order chi connectivity index (χ1) is 5.77. The lowest BCUT2D eigenvalue weighted by atomic mass is 10.1. The molecule has 0 amide bonds. The Bertz CT molecular complexity index is 252. The van der Waals surface area contributed by atoms with Gasteiger partial charge in [-0.3, -0.25) is 0 Å². The van der Waals surface area contributed by atoms with Gasteiger partial charge in [-0.25, -0.2) is 4.39 Å². The van der Waals surface area contributed by atoms with Gasteiger partial charge >= 0.3 is 0 Å². The van der Waals surface area contributed by atoms with Gasteiger partial charge in [0.1, 0.15) is 11.9 Å². The van der Waals surface area contributed by atoms with Gasteiger partial charge in [0.25, 0.3) is 0 Å². The van der Waals surface area contributed by atoms with Gasteiger partial charge in [0, 0.05) is 5.33 Å². The second-order valence-electron chi connectivity index (χ2n) is 2.40. The highest BCUT2D eigenvalue weighted by molar-refractivity contribution is 9.09. The first kappa shape index (κ1) is 9.52. The van der Waals surface area contributed by atoms with E-state index in [1.54, 1.807) is 31.4 Å². The number of benzene rings is 1. The number of ether oxygens (including phenoxy) is 1. The Morgan fingerprint density at radius 2 is 2.33 bits per heavy atom. The fourth-order valence-corrected chi connectivity index (χ4v) is 1.30. The van der Waals surface area contributed by atoms with E-state index in [0.29, 0.717) is 16.6 Å². The third-order valence-electron chi connectivity index (χ3n) is 1.59. The molecule has 0 aliphatic rings. The van der Waals surface area contributed by atoms with Crippen molar-refractivity contribution < 1.29 is 9.13 Å². The smallest absolute Gasteiger partial charge is 0.135 e. The molecule has 0 aliphatic carbocycles. The average Bonchev–Trinajstić information content (AvgIpc) is 2.17. The number of methoxy groups -OCH3 is 1. The summed E-state index contributed by atoms with van der Waals surface area (Å²) in [6.07, 6.45) is -0.958. The molecule has 0 heterocycles. The van der Waals surface area contributed by atoms with E-state index < -0.39 is 6.17 Å². The molecule has 1 aromatic rings. The van der Waals surface area contributed by atoms with E-state index in [2.05, 4.69) is 15.9 Å². The van der Waals surface area contributed by atoms with E-state index in [4.69, 9.17) is 4.74 Å². The van der Waals surface area contributed by atoms with Crippen LogP contribution in [-0.4, -0.2) is 12.4 Å². The van der Waals surface area contributed by atoms with E-state index >= 15 is 0 Å². The van der Waals surface area contributed by atoms with Crippen LogP contribution in [0.2, 0.25) is 0 Å². The summed E-state index contributed by atoms with van der Waals surface area (Å²) >= 11 is 3.08. The predicted molar refractivity (Wildman–Crippen MR) is 50.6 cm³/mol. The van der Waals surface area contributed by atoms with Crippen LogP contribution in [0.1, 0.15) is 11.7 Å². The molecule has 1 rings (SSSR count). The molecule has 0 fully saturated rings. The molecule has 3 heteroatoms. The Morgan fingerprint density at radius 1 is 1.58 bits per heavy atom. The summed E-state index contributed by atoms with van der Waals surface area (Å²) in [7, 11) is 1.57. The first-order valence-corrected chi connectivity index (χ1v) is 4.74. The van der Waals surface area contributed by atoms with E-state index in [0.717, 1.165) is 0 Å². The van der Waals surface area contributed by atoms with Crippen LogP contribution in [0.5, 0.6) is 5.75 Å². The number of hydrogen-bond donors (Lipinski definition) is 0. The van der Waals surface area contributed by atoms with Gasteiger partial charge in [-0.05, 0) is 17.7 Å². The van der Waals surface area contributed by atoms with E-state index in [1.165, 1.54) is 0 Å². The number of rotatable bonds is 3. The Hall–Kier alpha value is -0.570. The maximum absolute atomic E-state index is 13.1. The fraction of sp³-hybridized carbons (Fsp3) is 0.333. The van der Waals surface area contributed by atoms with Gasteiger partial charge in [-0.1, -0.05) is 28.1 Å². The molecular formula is C9H10BrFO. The summed E-state index contributed by atoms with van der Waals surface area (Å²) in [4.78, 5) is 0. The van der Waals surface area contributed by atoms with Crippen LogP contribution in [0.4, 0.5) is 4.39 Å². The lowest BCUT2D eigenvalue weighted by Gasteiger charge is -2.06. The molecule has 12 heavy (non-hydrogen) atoms. The highest BCUT2D eigenvalue weighted by atomic mass is 79.9. The van der Waals surface area contributed by atoms with E-state index in [-0.39, 0.29) is 0 Å². The molecule has 0 aromatic heterocycles. The summed E-state index contributed by atoms with van der Waals surface area (Å²) in [5.74, 6) is 0.691. The van der Waals surface area contributed by atoms with Crippen LogP contribution in [-0.2, 0) is 0 Å². The molecule has 0 unspecified atom stereocenters. The lowest BCUT2D eigenvalue weighted by molar-refractivity contribution is 0.377. The molecule has 0 N–H and O–H groups in total. The maximum atomic E-state index is 13.1. The summed E-state index contributed by atoms with van der Waals surface area (Å²) < 4.78 is 18.0. The third-order valence-corrected chi connectivity index (χ3v) is 2.16. The number of alkyl halides is 2. The minimum absolute atomic E-state index is 0.320. The van der Waals surface area contributed by atoms with Crippen molar-refractivity contribution in [1.29, 1.82) is 0 Å². The Morgan fingerprint density at radius 3 is 2.92 bits per heavy atom. The highest BCUT2D eigenvalue weighted by Crippen LogP contribution is 2.23. The molecule has 1 nitrogen and oxygen atoms in total. The van der Waals surface area contributed by atoms with Crippen molar-refractivity contribution in [2.75, 3.05) is 12.4 Å². The van der Waals surface area contributed by atoms with Crippen molar-refractivity contribution in [3.63, 3.8) is 0 Å². The molecule has 1 aromatic carbocycles. The van der Waals surface area contributed by atoms with Gasteiger partial charge in [-0.2, -0.15) is 0 Å². The van der Waals surface area contributed by atoms with Gasteiger partial charge in [0.2, 0.25) is 0 Å². The van der Waals surface area contributed by atoms with Gasteiger partial charge in [0.15, 0.2) is 0 Å². The minimum atomic E-state index is -0.958. The summed E-state index contributed by atoms with van der Waals surface area (Å²) in [6.45, 7) is 0. The monoisotopic (exact) mass is 232 g/mol. The maximum Gasteiger partial charge on any atom is 0.135 e. The van der Waals surface area contributed by atoms with Gasteiger partial charge in [-0.15, -0.1) is 0 Å². The van der Waals surface area contributed by atoms with Crippen LogP contribution in [0.25, 0.3) is 0 Å². The van der Waals surface area contributed by atoms with Crippen molar-refractivity contribution >= 4 is 15.9 Å². The van der Waals surface area contributed by atoms with Crippen LogP contribution in [0, 0.1) is 0 Å².